The molecule has 0 saturated carbocycles. The minimum absolute atomic E-state index is 0.274. The minimum atomic E-state index is -1.33. The van der Waals surface area contributed by atoms with E-state index < -0.39 is 23.6 Å². The SMILES string of the molecule is Cc1cc(C)cc(C(O)c2cc(F)c(F)cc2F)c1. The molecular weight excluding hydrogens is 253 g/mol. The highest BCUT2D eigenvalue weighted by molar-refractivity contribution is 5.36. The van der Waals surface area contributed by atoms with Gasteiger partial charge >= 0.3 is 0 Å². The van der Waals surface area contributed by atoms with Gasteiger partial charge in [-0.1, -0.05) is 29.3 Å². The highest BCUT2D eigenvalue weighted by Gasteiger charge is 2.18. The molecule has 0 spiro atoms. The zero-order chi connectivity index (χ0) is 14.2. The van der Waals surface area contributed by atoms with E-state index in [-0.39, 0.29) is 5.56 Å². The lowest BCUT2D eigenvalue weighted by molar-refractivity contribution is 0.213. The van der Waals surface area contributed by atoms with Crippen molar-refractivity contribution < 1.29 is 18.3 Å². The largest absolute Gasteiger partial charge is 0.384 e. The average molecular weight is 266 g/mol. The van der Waals surface area contributed by atoms with Crippen LogP contribution in [0.2, 0.25) is 0 Å². The van der Waals surface area contributed by atoms with Gasteiger partial charge in [-0.3, -0.25) is 0 Å². The van der Waals surface area contributed by atoms with Gasteiger partial charge in [-0.2, -0.15) is 0 Å². The topological polar surface area (TPSA) is 20.2 Å². The highest BCUT2D eigenvalue weighted by atomic mass is 19.2. The number of benzene rings is 2. The van der Waals surface area contributed by atoms with Crippen molar-refractivity contribution >= 4 is 0 Å². The Morgan fingerprint density at radius 1 is 0.789 bits per heavy atom. The van der Waals surface area contributed by atoms with Crippen LogP contribution in [-0.2, 0) is 0 Å². The molecule has 0 aliphatic carbocycles. The molecule has 0 fully saturated rings. The predicted octanol–water partition coefficient (Wildman–Crippen LogP) is 3.80. The summed E-state index contributed by atoms with van der Waals surface area (Å²) in [4.78, 5) is 0. The molecule has 0 saturated heterocycles. The molecule has 2 rings (SSSR count). The molecule has 0 aromatic heterocycles. The Morgan fingerprint density at radius 2 is 1.32 bits per heavy atom. The maximum atomic E-state index is 13.6. The molecule has 1 nitrogen and oxygen atoms in total. The van der Waals surface area contributed by atoms with Crippen LogP contribution in [0.4, 0.5) is 13.2 Å². The number of aliphatic hydroxyl groups is 1. The van der Waals surface area contributed by atoms with Gasteiger partial charge in [0.15, 0.2) is 11.6 Å². The molecule has 0 aliphatic heterocycles. The fourth-order valence-corrected chi connectivity index (χ4v) is 2.09. The van der Waals surface area contributed by atoms with Gasteiger partial charge in [0.05, 0.1) is 0 Å². The Kier molecular flexibility index (Phi) is 3.62. The number of hydrogen-bond donors (Lipinski definition) is 1. The van der Waals surface area contributed by atoms with Crippen LogP contribution in [0.3, 0.4) is 0 Å². The Hall–Kier alpha value is -1.81. The van der Waals surface area contributed by atoms with E-state index >= 15 is 0 Å². The summed E-state index contributed by atoms with van der Waals surface area (Å²) in [6, 6.07) is 6.39. The summed E-state index contributed by atoms with van der Waals surface area (Å²) in [5, 5.41) is 10.1. The summed E-state index contributed by atoms with van der Waals surface area (Å²) in [6.07, 6.45) is -1.33. The summed E-state index contributed by atoms with van der Waals surface area (Å²) in [7, 11) is 0. The zero-order valence-corrected chi connectivity index (χ0v) is 10.5. The van der Waals surface area contributed by atoms with Crippen molar-refractivity contribution in [3.05, 3.63) is 70.0 Å². The fraction of sp³-hybridized carbons (Fsp3) is 0.200. The Labute approximate surface area is 109 Å². The smallest absolute Gasteiger partial charge is 0.161 e. The Morgan fingerprint density at radius 3 is 1.89 bits per heavy atom. The molecule has 0 radical (unpaired) electrons. The second-order valence-electron chi connectivity index (χ2n) is 4.61. The molecule has 0 aliphatic rings. The highest BCUT2D eigenvalue weighted by Crippen LogP contribution is 2.27. The fourth-order valence-electron chi connectivity index (χ4n) is 2.09. The Bertz CT molecular complexity index is 603. The molecule has 19 heavy (non-hydrogen) atoms. The normalized spacial score (nSPS) is 12.5. The van der Waals surface area contributed by atoms with Gasteiger partial charge in [0.2, 0.25) is 0 Å². The molecule has 1 unspecified atom stereocenters. The van der Waals surface area contributed by atoms with Crippen molar-refractivity contribution in [2.24, 2.45) is 0 Å². The van der Waals surface area contributed by atoms with Crippen LogP contribution in [0.25, 0.3) is 0 Å². The van der Waals surface area contributed by atoms with Gasteiger partial charge < -0.3 is 5.11 Å². The van der Waals surface area contributed by atoms with Gasteiger partial charge in [0.25, 0.3) is 0 Å². The summed E-state index contributed by atoms with van der Waals surface area (Å²) < 4.78 is 39.6. The first-order chi connectivity index (χ1) is 8.88. The molecule has 2 aromatic rings. The van der Waals surface area contributed by atoms with E-state index in [1.165, 1.54) is 0 Å². The van der Waals surface area contributed by atoms with Crippen molar-refractivity contribution in [1.29, 1.82) is 0 Å². The van der Waals surface area contributed by atoms with E-state index in [1.807, 2.05) is 19.9 Å². The average Bonchev–Trinajstić information content (AvgIpc) is 2.31. The third-order valence-corrected chi connectivity index (χ3v) is 2.89. The molecule has 0 amide bonds. The van der Waals surface area contributed by atoms with E-state index in [4.69, 9.17) is 0 Å². The number of halogens is 3. The van der Waals surface area contributed by atoms with Gasteiger partial charge in [-0.25, -0.2) is 13.2 Å². The lowest BCUT2D eigenvalue weighted by Crippen LogP contribution is -2.05. The molecule has 0 heterocycles. The zero-order valence-electron chi connectivity index (χ0n) is 10.5. The molecule has 100 valence electrons. The van der Waals surface area contributed by atoms with Crippen molar-refractivity contribution in [2.45, 2.75) is 20.0 Å². The van der Waals surface area contributed by atoms with Crippen LogP contribution < -0.4 is 0 Å². The minimum Gasteiger partial charge on any atom is -0.384 e. The van der Waals surface area contributed by atoms with E-state index in [0.717, 1.165) is 11.1 Å². The van der Waals surface area contributed by atoms with Crippen molar-refractivity contribution in [3.63, 3.8) is 0 Å². The monoisotopic (exact) mass is 266 g/mol. The van der Waals surface area contributed by atoms with Crippen molar-refractivity contribution in [3.8, 4) is 0 Å². The van der Waals surface area contributed by atoms with Gasteiger partial charge in [0.1, 0.15) is 11.9 Å². The summed E-state index contributed by atoms with van der Waals surface area (Å²) in [5.74, 6) is -3.42. The molecule has 1 atom stereocenters. The lowest BCUT2D eigenvalue weighted by atomic mass is 9.97. The quantitative estimate of drug-likeness (QED) is 0.820. The summed E-state index contributed by atoms with van der Waals surface area (Å²) in [6.45, 7) is 3.68. The van der Waals surface area contributed by atoms with E-state index in [9.17, 15) is 18.3 Å². The first kappa shape index (κ1) is 13.6. The number of aliphatic hydroxyl groups excluding tert-OH is 1. The van der Waals surface area contributed by atoms with Gasteiger partial charge in [0, 0.05) is 11.6 Å². The van der Waals surface area contributed by atoms with Gasteiger partial charge in [-0.15, -0.1) is 0 Å². The maximum Gasteiger partial charge on any atom is 0.161 e. The van der Waals surface area contributed by atoms with Crippen LogP contribution in [0.15, 0.2) is 30.3 Å². The van der Waals surface area contributed by atoms with E-state index in [2.05, 4.69) is 0 Å². The van der Waals surface area contributed by atoms with Crippen LogP contribution in [0.1, 0.15) is 28.4 Å². The number of hydrogen-bond acceptors (Lipinski definition) is 1. The molecule has 1 N–H and O–H groups in total. The van der Waals surface area contributed by atoms with Crippen LogP contribution in [-0.4, -0.2) is 5.11 Å². The second-order valence-corrected chi connectivity index (χ2v) is 4.61. The first-order valence-electron chi connectivity index (χ1n) is 5.79. The third kappa shape index (κ3) is 2.79. The second kappa shape index (κ2) is 5.05. The van der Waals surface area contributed by atoms with Crippen LogP contribution in [0, 0.1) is 31.3 Å². The Balaban J connectivity index is 2.49. The van der Waals surface area contributed by atoms with Crippen molar-refractivity contribution in [2.75, 3.05) is 0 Å². The number of aryl methyl sites for hydroxylation is 2. The van der Waals surface area contributed by atoms with Crippen LogP contribution in [0.5, 0.6) is 0 Å². The molecular formula is C15H13F3O. The van der Waals surface area contributed by atoms with E-state index in [1.54, 1.807) is 12.1 Å². The lowest BCUT2D eigenvalue weighted by Gasteiger charge is -2.14. The van der Waals surface area contributed by atoms with Gasteiger partial charge in [-0.05, 0) is 25.5 Å². The number of rotatable bonds is 2. The maximum absolute atomic E-state index is 13.6. The molecule has 0 bridgehead atoms. The first-order valence-corrected chi connectivity index (χ1v) is 5.79. The summed E-state index contributed by atoms with van der Waals surface area (Å²) in [5.41, 5.74) is 1.97. The van der Waals surface area contributed by atoms with Crippen LogP contribution >= 0.6 is 0 Å². The van der Waals surface area contributed by atoms with Crippen molar-refractivity contribution in [1.82, 2.24) is 0 Å². The standard InChI is InChI=1S/C15H13F3O/c1-8-3-9(2)5-10(4-8)15(19)11-6-13(17)14(18)7-12(11)16/h3-7,15,19H,1-2H3. The predicted molar refractivity (Wildman–Crippen MR) is 66.3 cm³/mol. The van der Waals surface area contributed by atoms with E-state index in [0.29, 0.717) is 17.7 Å². The molecule has 2 aromatic carbocycles. The summed E-state index contributed by atoms with van der Waals surface area (Å²) >= 11 is 0. The molecule has 4 heteroatoms. The third-order valence-electron chi connectivity index (χ3n) is 2.89.